The SMILES string of the molecule is C.C.C.CC(C)c1ccc(F)cc1.CC(C)c1ccccc1.Cc1cc(C(C)C)ccc1F.Cc1cc(C(C)C)ccc1OC(F)(F)F.Cc1cc(F)cc(C(C)C)c1.Cc1ccc(C(C)C)cc1. The minimum atomic E-state index is -4.62. The first-order valence-corrected chi connectivity index (χ1v) is 23.0. The van der Waals surface area contributed by atoms with Crippen LogP contribution in [-0.4, -0.2) is 6.36 Å². The molecule has 0 aliphatic heterocycles. The van der Waals surface area contributed by atoms with Crippen molar-refractivity contribution in [1.82, 2.24) is 0 Å². The van der Waals surface area contributed by atoms with E-state index in [0.717, 1.165) is 22.3 Å². The highest BCUT2D eigenvalue weighted by Crippen LogP contribution is 2.28. The van der Waals surface area contributed by atoms with E-state index in [9.17, 15) is 26.3 Å². The van der Waals surface area contributed by atoms with Gasteiger partial charge in [-0.3, -0.25) is 0 Å². The molecule has 0 amide bonds. The highest BCUT2D eigenvalue weighted by atomic mass is 19.4. The maximum atomic E-state index is 12.8. The normalized spacial score (nSPS) is 10.3. The van der Waals surface area contributed by atoms with Crippen LogP contribution in [0.2, 0.25) is 0 Å². The smallest absolute Gasteiger partial charge is 0.406 e. The Morgan fingerprint density at radius 2 is 0.725 bits per heavy atom. The molecule has 0 spiro atoms. The zero-order valence-electron chi connectivity index (χ0n) is 42.3. The zero-order valence-corrected chi connectivity index (χ0v) is 42.3. The van der Waals surface area contributed by atoms with Crippen molar-refractivity contribution in [2.45, 2.75) is 175 Å². The molecule has 384 valence electrons. The van der Waals surface area contributed by atoms with Gasteiger partial charge in [0.15, 0.2) is 0 Å². The van der Waals surface area contributed by atoms with E-state index in [4.69, 9.17) is 0 Å². The van der Waals surface area contributed by atoms with Crippen molar-refractivity contribution in [2.75, 3.05) is 0 Å². The first kappa shape index (κ1) is 68.0. The van der Waals surface area contributed by atoms with E-state index in [-0.39, 0.29) is 45.5 Å². The lowest BCUT2D eigenvalue weighted by Gasteiger charge is -2.13. The molecule has 69 heavy (non-hydrogen) atoms. The van der Waals surface area contributed by atoms with Crippen molar-refractivity contribution in [3.8, 4) is 5.75 Å². The van der Waals surface area contributed by atoms with E-state index in [0.29, 0.717) is 41.1 Å². The molecule has 0 atom stereocenters. The summed E-state index contributed by atoms with van der Waals surface area (Å²) in [6.45, 7) is 32.7. The van der Waals surface area contributed by atoms with Gasteiger partial charge in [0.2, 0.25) is 0 Å². The van der Waals surface area contributed by atoms with Crippen LogP contribution in [0.5, 0.6) is 5.75 Å². The number of halogens is 6. The molecule has 0 saturated carbocycles. The molecule has 0 aromatic heterocycles. The second-order valence-corrected chi connectivity index (χ2v) is 18.4. The van der Waals surface area contributed by atoms with Gasteiger partial charge in [-0.1, -0.05) is 208 Å². The summed E-state index contributed by atoms with van der Waals surface area (Å²) in [7, 11) is 0. The van der Waals surface area contributed by atoms with Crippen LogP contribution in [0.4, 0.5) is 26.3 Å². The van der Waals surface area contributed by atoms with E-state index in [1.165, 1.54) is 52.1 Å². The quantitative estimate of drug-likeness (QED) is 0.145. The van der Waals surface area contributed by atoms with Crippen LogP contribution < -0.4 is 4.74 Å². The third-order valence-corrected chi connectivity index (χ3v) is 10.4. The summed E-state index contributed by atoms with van der Waals surface area (Å²) in [6, 6.07) is 41.0. The Labute approximate surface area is 416 Å². The van der Waals surface area contributed by atoms with E-state index in [1.807, 2.05) is 57.2 Å². The highest BCUT2D eigenvalue weighted by molar-refractivity contribution is 5.37. The molecule has 6 aromatic carbocycles. The monoisotopic (exact) mass is 963 g/mol. The molecular weight excluding hydrogens is 875 g/mol. The Balaban J connectivity index is -0.000000756. The molecule has 7 heteroatoms. The fourth-order valence-electron chi connectivity index (χ4n) is 6.03. The predicted molar refractivity (Wildman–Crippen MR) is 289 cm³/mol. The molecule has 0 fully saturated rings. The number of benzene rings is 6. The topological polar surface area (TPSA) is 9.23 Å². The Hall–Kier alpha value is -5.30. The number of ether oxygens (including phenoxy) is 1. The number of aryl methyl sites for hydroxylation is 4. The molecular formula is C62H88F6O. The number of alkyl halides is 3. The zero-order chi connectivity index (χ0) is 50.3. The van der Waals surface area contributed by atoms with Gasteiger partial charge in [0.05, 0.1) is 0 Å². The summed E-state index contributed by atoms with van der Waals surface area (Å²) in [6.07, 6.45) is -4.62. The van der Waals surface area contributed by atoms with Gasteiger partial charge in [0.1, 0.15) is 23.2 Å². The summed E-state index contributed by atoms with van der Waals surface area (Å²) in [4.78, 5) is 0. The number of hydrogen-bond donors (Lipinski definition) is 0. The standard InChI is InChI=1S/C11H13F3O.2C10H13F.C10H14.C9H11F.C9H12.3CH4/c1-7(2)9-4-5-10(8(3)6-9)15-11(12,13)14;1-7(2)9-4-8(3)5-10(11)6-9;1-7(2)9-4-5-10(11)8(3)6-9;1-8(2)10-6-4-9(3)5-7-10;1-7(2)8-3-5-9(10)6-4-8;1-8(2)9-6-4-3-5-7-9;;;/h4-7H,1-3H3;2*4-7H,1-3H3;4-8H,1-3H3;3-7H,1-2H3;3-8H,1-2H3;3*1H4. The molecule has 0 heterocycles. The van der Waals surface area contributed by atoms with Crippen molar-refractivity contribution in [2.24, 2.45) is 0 Å². The lowest BCUT2D eigenvalue weighted by Crippen LogP contribution is -2.17. The number of rotatable bonds is 7. The Morgan fingerprint density at radius 3 is 1.09 bits per heavy atom. The molecule has 0 radical (unpaired) electrons. The summed E-state index contributed by atoms with van der Waals surface area (Å²) < 4.78 is 77.6. The minimum Gasteiger partial charge on any atom is -0.406 e. The molecule has 0 N–H and O–H groups in total. The fraction of sp³-hybridized carbons (Fsp3) is 0.419. The minimum absolute atomic E-state index is 0. The van der Waals surface area contributed by atoms with Crippen molar-refractivity contribution in [3.05, 3.63) is 207 Å². The summed E-state index contributed by atoms with van der Waals surface area (Å²) in [5, 5.41) is 0. The van der Waals surface area contributed by atoms with Crippen LogP contribution >= 0.6 is 0 Å². The third-order valence-electron chi connectivity index (χ3n) is 10.4. The lowest BCUT2D eigenvalue weighted by molar-refractivity contribution is -0.274. The second kappa shape index (κ2) is 34.1. The molecule has 0 aliphatic rings. The van der Waals surface area contributed by atoms with Crippen LogP contribution in [0.15, 0.2) is 133 Å². The maximum absolute atomic E-state index is 12.8. The molecule has 6 aromatic rings. The average molecular weight is 963 g/mol. The summed E-state index contributed by atoms with van der Waals surface area (Å²) in [5.41, 5.74) is 10.9. The molecule has 0 aliphatic carbocycles. The van der Waals surface area contributed by atoms with Crippen LogP contribution in [-0.2, 0) is 0 Å². The molecule has 0 saturated heterocycles. The van der Waals surface area contributed by atoms with Crippen LogP contribution in [0.25, 0.3) is 0 Å². The van der Waals surface area contributed by atoms with E-state index >= 15 is 0 Å². The van der Waals surface area contributed by atoms with Crippen LogP contribution in [0.1, 0.15) is 197 Å². The Morgan fingerprint density at radius 1 is 0.348 bits per heavy atom. The van der Waals surface area contributed by atoms with Gasteiger partial charge < -0.3 is 4.74 Å². The van der Waals surface area contributed by atoms with Gasteiger partial charge in [-0.05, 0) is 150 Å². The number of hydrogen-bond acceptors (Lipinski definition) is 1. The molecule has 1 nitrogen and oxygen atoms in total. The van der Waals surface area contributed by atoms with E-state index in [1.54, 1.807) is 38.1 Å². The average Bonchev–Trinajstić information content (AvgIpc) is 3.23. The van der Waals surface area contributed by atoms with Gasteiger partial charge in [-0.2, -0.15) is 0 Å². The first-order valence-electron chi connectivity index (χ1n) is 23.0. The first-order chi connectivity index (χ1) is 30.7. The third kappa shape index (κ3) is 28.7. The van der Waals surface area contributed by atoms with Crippen molar-refractivity contribution >= 4 is 0 Å². The van der Waals surface area contributed by atoms with Gasteiger partial charge in [-0.25, -0.2) is 13.2 Å². The van der Waals surface area contributed by atoms with Crippen molar-refractivity contribution in [1.29, 1.82) is 0 Å². The summed E-state index contributed by atoms with van der Waals surface area (Å²) in [5.74, 6) is 2.44. The maximum Gasteiger partial charge on any atom is 0.573 e. The van der Waals surface area contributed by atoms with Gasteiger partial charge in [0.25, 0.3) is 0 Å². The van der Waals surface area contributed by atoms with Crippen LogP contribution in [0.3, 0.4) is 0 Å². The predicted octanol–water partition coefficient (Wildman–Crippen LogP) is 21.3. The fourth-order valence-corrected chi connectivity index (χ4v) is 6.03. The van der Waals surface area contributed by atoms with Gasteiger partial charge >= 0.3 is 6.36 Å². The largest absolute Gasteiger partial charge is 0.573 e. The highest BCUT2D eigenvalue weighted by Gasteiger charge is 2.31. The molecule has 6 rings (SSSR count). The second-order valence-electron chi connectivity index (χ2n) is 18.4. The summed E-state index contributed by atoms with van der Waals surface area (Å²) >= 11 is 0. The van der Waals surface area contributed by atoms with Crippen molar-refractivity contribution < 1.29 is 31.1 Å². The Kier molecular flexibility index (Phi) is 33.6. The van der Waals surface area contributed by atoms with E-state index < -0.39 is 6.36 Å². The van der Waals surface area contributed by atoms with Gasteiger partial charge in [-0.15, -0.1) is 13.2 Å². The Bertz CT molecular complexity index is 2170. The van der Waals surface area contributed by atoms with Gasteiger partial charge in [0, 0.05) is 0 Å². The lowest BCUT2D eigenvalue weighted by atomic mass is 10.0. The van der Waals surface area contributed by atoms with Crippen molar-refractivity contribution in [3.63, 3.8) is 0 Å². The van der Waals surface area contributed by atoms with Crippen LogP contribution in [0, 0.1) is 45.1 Å². The molecule has 0 bridgehead atoms. The molecule has 0 unspecified atom stereocenters. The van der Waals surface area contributed by atoms with E-state index in [2.05, 4.69) is 129 Å².